The van der Waals surface area contributed by atoms with Crippen molar-refractivity contribution in [1.82, 2.24) is 5.32 Å². The molecule has 0 amide bonds. The van der Waals surface area contributed by atoms with E-state index in [0.29, 0.717) is 5.41 Å². The highest BCUT2D eigenvalue weighted by Gasteiger charge is 2.13. The van der Waals surface area contributed by atoms with Crippen molar-refractivity contribution in [2.24, 2.45) is 5.41 Å². The van der Waals surface area contributed by atoms with Crippen LogP contribution < -0.4 is 5.32 Å². The topological polar surface area (TPSA) is 12.0 Å². The summed E-state index contributed by atoms with van der Waals surface area (Å²) in [5.41, 5.74) is 0.551. The molecule has 1 N–H and O–H groups in total. The maximum Gasteiger partial charge on any atom is -0.00488 e. The van der Waals surface area contributed by atoms with Crippen molar-refractivity contribution in [2.75, 3.05) is 13.1 Å². The second-order valence-electron chi connectivity index (χ2n) is 3.97. The minimum atomic E-state index is 0.551. The predicted molar refractivity (Wildman–Crippen MR) is 51.8 cm³/mol. The normalized spacial score (nSPS) is 12.0. The van der Waals surface area contributed by atoms with Gasteiger partial charge in [0.25, 0.3) is 0 Å². The van der Waals surface area contributed by atoms with Crippen molar-refractivity contribution in [2.45, 2.75) is 47.0 Å². The van der Waals surface area contributed by atoms with E-state index >= 15 is 0 Å². The first kappa shape index (κ1) is 11.0. The largest absolute Gasteiger partial charge is 0.317 e. The van der Waals surface area contributed by atoms with Gasteiger partial charge >= 0.3 is 0 Å². The molecule has 0 aromatic heterocycles. The van der Waals surface area contributed by atoms with E-state index in [9.17, 15) is 0 Å². The Bertz CT molecular complexity index is 86.9. The standard InChI is InChI=1S/C10H23N/c1-5-10(3,4)8-7-9-11-6-2/h11H,5-9H2,1-4H3. The van der Waals surface area contributed by atoms with E-state index in [1.54, 1.807) is 0 Å². The molecule has 0 aliphatic carbocycles. The number of hydrogen-bond donors (Lipinski definition) is 1. The molecule has 0 atom stereocenters. The van der Waals surface area contributed by atoms with Gasteiger partial charge in [-0.1, -0.05) is 34.1 Å². The van der Waals surface area contributed by atoms with E-state index < -0.39 is 0 Å². The lowest BCUT2D eigenvalue weighted by Gasteiger charge is -2.22. The summed E-state index contributed by atoms with van der Waals surface area (Å²) in [6.45, 7) is 11.4. The molecular formula is C10H23N. The lowest BCUT2D eigenvalue weighted by Crippen LogP contribution is -2.17. The van der Waals surface area contributed by atoms with Gasteiger partial charge in [-0.05, 0) is 31.3 Å². The summed E-state index contributed by atoms with van der Waals surface area (Å²) < 4.78 is 0. The Hall–Kier alpha value is -0.0400. The van der Waals surface area contributed by atoms with Crippen LogP contribution >= 0.6 is 0 Å². The third kappa shape index (κ3) is 6.36. The molecule has 1 nitrogen and oxygen atoms in total. The molecule has 0 radical (unpaired) electrons. The molecule has 0 spiro atoms. The fraction of sp³-hybridized carbons (Fsp3) is 1.00. The average molecular weight is 157 g/mol. The van der Waals surface area contributed by atoms with E-state index in [4.69, 9.17) is 0 Å². The van der Waals surface area contributed by atoms with Crippen LogP contribution in [0, 0.1) is 5.41 Å². The van der Waals surface area contributed by atoms with Gasteiger partial charge in [-0.2, -0.15) is 0 Å². The fourth-order valence-corrected chi connectivity index (χ4v) is 1.05. The van der Waals surface area contributed by atoms with Crippen LogP contribution in [-0.4, -0.2) is 13.1 Å². The number of hydrogen-bond acceptors (Lipinski definition) is 1. The second kappa shape index (κ2) is 5.59. The molecule has 0 saturated carbocycles. The summed E-state index contributed by atoms with van der Waals surface area (Å²) in [5.74, 6) is 0. The SMILES string of the molecule is CCNCCCC(C)(C)CC. The van der Waals surface area contributed by atoms with Crippen LogP contribution in [0.25, 0.3) is 0 Å². The number of nitrogens with one attached hydrogen (secondary N) is 1. The highest BCUT2D eigenvalue weighted by Crippen LogP contribution is 2.25. The molecule has 0 aromatic carbocycles. The summed E-state index contributed by atoms with van der Waals surface area (Å²) in [4.78, 5) is 0. The van der Waals surface area contributed by atoms with Crippen molar-refractivity contribution < 1.29 is 0 Å². The lowest BCUT2D eigenvalue weighted by atomic mass is 9.85. The van der Waals surface area contributed by atoms with Gasteiger partial charge in [0.2, 0.25) is 0 Å². The molecule has 68 valence electrons. The molecule has 0 aromatic rings. The Kier molecular flexibility index (Phi) is 5.57. The first-order valence-corrected chi connectivity index (χ1v) is 4.83. The summed E-state index contributed by atoms with van der Waals surface area (Å²) >= 11 is 0. The predicted octanol–water partition coefficient (Wildman–Crippen LogP) is 2.81. The Morgan fingerprint density at radius 2 is 1.82 bits per heavy atom. The van der Waals surface area contributed by atoms with Crippen molar-refractivity contribution in [3.8, 4) is 0 Å². The minimum absolute atomic E-state index is 0.551. The van der Waals surface area contributed by atoms with Gasteiger partial charge in [0.1, 0.15) is 0 Å². The lowest BCUT2D eigenvalue weighted by molar-refractivity contribution is 0.311. The van der Waals surface area contributed by atoms with Crippen LogP contribution in [-0.2, 0) is 0 Å². The van der Waals surface area contributed by atoms with Crippen molar-refractivity contribution in [3.05, 3.63) is 0 Å². The number of rotatable bonds is 6. The molecular weight excluding hydrogens is 134 g/mol. The molecule has 0 saturated heterocycles. The van der Waals surface area contributed by atoms with E-state index in [1.807, 2.05) is 0 Å². The van der Waals surface area contributed by atoms with E-state index in [2.05, 4.69) is 33.0 Å². The third-order valence-electron chi connectivity index (χ3n) is 2.41. The van der Waals surface area contributed by atoms with Crippen LogP contribution in [0.5, 0.6) is 0 Å². The van der Waals surface area contributed by atoms with Gasteiger partial charge in [0.05, 0.1) is 0 Å². The Morgan fingerprint density at radius 1 is 1.18 bits per heavy atom. The molecule has 0 heterocycles. The Morgan fingerprint density at radius 3 is 2.27 bits per heavy atom. The van der Waals surface area contributed by atoms with Crippen LogP contribution in [0.15, 0.2) is 0 Å². The third-order valence-corrected chi connectivity index (χ3v) is 2.41. The van der Waals surface area contributed by atoms with Crippen molar-refractivity contribution >= 4 is 0 Å². The van der Waals surface area contributed by atoms with Crippen LogP contribution in [0.2, 0.25) is 0 Å². The molecule has 11 heavy (non-hydrogen) atoms. The molecule has 0 fully saturated rings. The molecule has 0 aliphatic rings. The molecule has 0 aliphatic heterocycles. The van der Waals surface area contributed by atoms with Crippen LogP contribution in [0.3, 0.4) is 0 Å². The first-order valence-electron chi connectivity index (χ1n) is 4.83. The van der Waals surface area contributed by atoms with E-state index in [1.165, 1.54) is 25.8 Å². The van der Waals surface area contributed by atoms with E-state index in [-0.39, 0.29) is 0 Å². The summed E-state index contributed by atoms with van der Waals surface area (Å²) in [7, 11) is 0. The molecule has 0 unspecified atom stereocenters. The minimum Gasteiger partial charge on any atom is -0.317 e. The maximum absolute atomic E-state index is 3.34. The van der Waals surface area contributed by atoms with Gasteiger partial charge in [0.15, 0.2) is 0 Å². The van der Waals surface area contributed by atoms with Crippen molar-refractivity contribution in [1.29, 1.82) is 0 Å². The van der Waals surface area contributed by atoms with Gasteiger partial charge in [-0.15, -0.1) is 0 Å². The zero-order valence-electron chi connectivity index (χ0n) is 8.54. The van der Waals surface area contributed by atoms with Crippen LogP contribution in [0.1, 0.15) is 47.0 Å². The average Bonchev–Trinajstić information content (AvgIpc) is 1.99. The first-order chi connectivity index (χ1) is 5.12. The van der Waals surface area contributed by atoms with Gasteiger partial charge < -0.3 is 5.32 Å². The summed E-state index contributed by atoms with van der Waals surface area (Å²) in [5, 5.41) is 3.34. The van der Waals surface area contributed by atoms with Crippen LogP contribution in [0.4, 0.5) is 0 Å². The highest BCUT2D eigenvalue weighted by atomic mass is 14.8. The molecule has 0 rings (SSSR count). The maximum atomic E-state index is 3.34. The van der Waals surface area contributed by atoms with Gasteiger partial charge in [0, 0.05) is 0 Å². The van der Waals surface area contributed by atoms with Crippen molar-refractivity contribution in [3.63, 3.8) is 0 Å². The molecule has 1 heteroatoms. The molecule has 0 bridgehead atoms. The Balaban J connectivity index is 3.23. The highest BCUT2D eigenvalue weighted by molar-refractivity contribution is 4.66. The smallest absolute Gasteiger partial charge is 0.00488 e. The second-order valence-corrected chi connectivity index (χ2v) is 3.97. The van der Waals surface area contributed by atoms with Gasteiger partial charge in [-0.3, -0.25) is 0 Å². The quantitative estimate of drug-likeness (QED) is 0.585. The zero-order chi connectivity index (χ0) is 8.74. The van der Waals surface area contributed by atoms with Gasteiger partial charge in [-0.25, -0.2) is 0 Å². The van der Waals surface area contributed by atoms with E-state index in [0.717, 1.165) is 6.54 Å². The zero-order valence-corrected chi connectivity index (χ0v) is 8.54. The summed E-state index contributed by atoms with van der Waals surface area (Å²) in [6, 6.07) is 0. The summed E-state index contributed by atoms with van der Waals surface area (Å²) in [6.07, 6.45) is 3.95. The monoisotopic (exact) mass is 157 g/mol. The Labute approximate surface area is 71.6 Å². The fourth-order valence-electron chi connectivity index (χ4n) is 1.05.